The molecule has 5 rings (SSSR count). The second-order valence-corrected chi connectivity index (χ2v) is 11.0. The van der Waals surface area contributed by atoms with E-state index < -0.39 is 0 Å². The van der Waals surface area contributed by atoms with Gasteiger partial charge in [0, 0.05) is 13.6 Å². The van der Waals surface area contributed by atoms with Gasteiger partial charge in [0.25, 0.3) is 0 Å². The van der Waals surface area contributed by atoms with Crippen molar-refractivity contribution in [1.29, 1.82) is 0 Å². The molecule has 0 atom stereocenters. The van der Waals surface area contributed by atoms with Crippen molar-refractivity contribution in [3.63, 3.8) is 0 Å². The fourth-order valence-electron chi connectivity index (χ4n) is 4.78. The molecule has 5 fully saturated rings. The zero-order chi connectivity index (χ0) is 24.9. The monoisotopic (exact) mass is 516 g/mol. The first-order chi connectivity index (χ1) is 16.5. The van der Waals surface area contributed by atoms with Crippen LogP contribution in [-0.2, 0) is 4.84 Å². The zero-order valence-corrected chi connectivity index (χ0v) is 23.9. The van der Waals surface area contributed by atoms with Crippen molar-refractivity contribution in [2.45, 2.75) is 98.3 Å². The van der Waals surface area contributed by atoms with Crippen LogP contribution in [0.15, 0.2) is 0 Å². The van der Waals surface area contributed by atoms with E-state index in [1.165, 1.54) is 136 Å². The van der Waals surface area contributed by atoms with E-state index in [0.29, 0.717) is 0 Å². The highest BCUT2D eigenvalue weighted by molar-refractivity contribution is 4.60. The largest absolute Gasteiger partial charge is 0.306 e. The normalized spacial score (nSPS) is 23.9. The van der Waals surface area contributed by atoms with Crippen LogP contribution in [-0.4, -0.2) is 125 Å². The molecule has 6 heteroatoms. The van der Waals surface area contributed by atoms with Gasteiger partial charge in [0.1, 0.15) is 0 Å². The summed E-state index contributed by atoms with van der Waals surface area (Å²) in [5.41, 5.74) is 0. The molecule has 0 spiro atoms. The van der Waals surface area contributed by atoms with Crippen molar-refractivity contribution >= 4 is 0 Å². The maximum absolute atomic E-state index is 4.99. The number of likely N-dealkylation sites (tertiary alicyclic amines) is 4. The first-order valence-corrected chi connectivity index (χ1v) is 14.6. The summed E-state index contributed by atoms with van der Waals surface area (Å²) >= 11 is 0. The van der Waals surface area contributed by atoms with E-state index in [4.69, 9.17) is 4.84 Å². The molecular formula is C30H69N5O. The van der Waals surface area contributed by atoms with Crippen LogP contribution in [0, 0.1) is 0 Å². The number of piperidine rings is 2. The Hall–Kier alpha value is -0.240. The maximum atomic E-state index is 4.99. The van der Waals surface area contributed by atoms with Crippen molar-refractivity contribution < 1.29 is 4.84 Å². The molecule has 0 aromatic heterocycles. The Bertz CT molecular complexity index is 378. The van der Waals surface area contributed by atoms with Crippen LogP contribution >= 0.6 is 0 Å². The minimum atomic E-state index is 0. The molecule has 0 saturated carbocycles. The van der Waals surface area contributed by atoms with Crippen LogP contribution in [0.4, 0.5) is 0 Å². The number of nitrogens with zero attached hydrogens (tertiary/aromatic N) is 5. The lowest BCUT2D eigenvalue weighted by atomic mass is 10.1. The summed E-state index contributed by atoms with van der Waals surface area (Å²) in [6.45, 7) is 12.6. The third-order valence-corrected chi connectivity index (χ3v) is 7.25. The van der Waals surface area contributed by atoms with Crippen LogP contribution < -0.4 is 0 Å². The van der Waals surface area contributed by atoms with Gasteiger partial charge in [-0.1, -0.05) is 40.5 Å². The Morgan fingerprint density at radius 3 is 0.750 bits per heavy atom. The molecule has 6 nitrogen and oxygen atoms in total. The van der Waals surface area contributed by atoms with Crippen molar-refractivity contribution in [2.24, 2.45) is 0 Å². The SMILES string of the molecule is C.C.CN1CCCC1.CN1CCCCC1.CN1CCCCC1.CN1CCCCCC1.CN1CCCO1. The number of hydroxylamine groups is 2. The van der Waals surface area contributed by atoms with Crippen LogP contribution in [0.2, 0.25) is 0 Å². The van der Waals surface area contributed by atoms with Gasteiger partial charge in [0.2, 0.25) is 0 Å². The highest BCUT2D eigenvalue weighted by atomic mass is 16.7. The predicted molar refractivity (Wildman–Crippen MR) is 162 cm³/mol. The molecule has 0 aliphatic carbocycles. The molecular weight excluding hydrogens is 446 g/mol. The Kier molecular flexibility index (Phi) is 27.8. The molecule has 0 amide bonds. The van der Waals surface area contributed by atoms with Gasteiger partial charge in [-0.25, -0.2) is 0 Å². The van der Waals surface area contributed by atoms with Gasteiger partial charge in [0.15, 0.2) is 0 Å². The van der Waals surface area contributed by atoms with Gasteiger partial charge in [-0.15, -0.1) is 0 Å². The van der Waals surface area contributed by atoms with E-state index in [0.717, 1.165) is 13.2 Å². The number of rotatable bonds is 0. The van der Waals surface area contributed by atoms with Crippen molar-refractivity contribution in [3.8, 4) is 0 Å². The van der Waals surface area contributed by atoms with E-state index in [1.54, 1.807) is 0 Å². The molecule has 0 aromatic rings. The van der Waals surface area contributed by atoms with E-state index in [2.05, 4.69) is 47.8 Å². The lowest BCUT2D eigenvalue weighted by Crippen LogP contribution is -2.24. The molecule has 0 N–H and O–H groups in total. The van der Waals surface area contributed by atoms with Crippen molar-refractivity contribution in [1.82, 2.24) is 24.7 Å². The molecule has 36 heavy (non-hydrogen) atoms. The summed E-state index contributed by atoms with van der Waals surface area (Å²) in [5, 5.41) is 1.86. The second-order valence-electron chi connectivity index (χ2n) is 11.0. The molecule has 0 unspecified atom stereocenters. The molecule has 0 bridgehead atoms. The van der Waals surface area contributed by atoms with E-state index >= 15 is 0 Å². The minimum absolute atomic E-state index is 0. The Morgan fingerprint density at radius 1 is 0.333 bits per heavy atom. The molecule has 5 aliphatic heterocycles. The summed E-state index contributed by atoms with van der Waals surface area (Å²) in [5.74, 6) is 0. The molecule has 5 heterocycles. The summed E-state index contributed by atoms with van der Waals surface area (Å²) < 4.78 is 0. The molecule has 0 radical (unpaired) electrons. The quantitative estimate of drug-likeness (QED) is 0.396. The topological polar surface area (TPSA) is 25.4 Å². The highest BCUT2D eigenvalue weighted by Crippen LogP contribution is 2.07. The molecule has 5 saturated heterocycles. The zero-order valence-electron chi connectivity index (χ0n) is 23.9. The minimum Gasteiger partial charge on any atom is -0.306 e. The lowest BCUT2D eigenvalue weighted by molar-refractivity contribution is -0.0867. The van der Waals surface area contributed by atoms with Gasteiger partial charge < -0.3 is 19.6 Å². The van der Waals surface area contributed by atoms with Gasteiger partial charge in [-0.2, -0.15) is 5.06 Å². The Labute approximate surface area is 228 Å². The molecule has 5 aliphatic rings. The maximum Gasteiger partial charge on any atom is 0.0698 e. The second kappa shape index (κ2) is 26.4. The Balaban J connectivity index is 0. The van der Waals surface area contributed by atoms with Gasteiger partial charge in [-0.3, -0.25) is 4.84 Å². The van der Waals surface area contributed by atoms with Gasteiger partial charge >= 0.3 is 0 Å². The summed E-state index contributed by atoms with van der Waals surface area (Å²) in [6, 6.07) is 0. The number of hydrogen-bond donors (Lipinski definition) is 0. The fourth-order valence-corrected chi connectivity index (χ4v) is 4.78. The first kappa shape index (κ1) is 37.9. The third kappa shape index (κ3) is 24.1. The molecule has 220 valence electrons. The van der Waals surface area contributed by atoms with Crippen LogP contribution in [0.25, 0.3) is 0 Å². The van der Waals surface area contributed by atoms with Crippen LogP contribution in [0.3, 0.4) is 0 Å². The van der Waals surface area contributed by atoms with E-state index in [-0.39, 0.29) is 14.9 Å². The van der Waals surface area contributed by atoms with Crippen molar-refractivity contribution in [3.05, 3.63) is 0 Å². The van der Waals surface area contributed by atoms with E-state index in [1.807, 2.05) is 12.1 Å². The first-order valence-electron chi connectivity index (χ1n) is 14.6. The summed E-state index contributed by atoms with van der Waals surface area (Å²) in [4.78, 5) is 14.6. The van der Waals surface area contributed by atoms with Gasteiger partial charge in [0.05, 0.1) is 6.61 Å². The predicted octanol–water partition coefficient (Wildman–Crippen LogP) is 5.93. The van der Waals surface area contributed by atoms with Crippen molar-refractivity contribution in [2.75, 3.05) is 101 Å². The van der Waals surface area contributed by atoms with Gasteiger partial charge in [-0.05, 0) is 138 Å². The summed E-state index contributed by atoms with van der Waals surface area (Å²) in [6.07, 6.45) is 18.3. The fraction of sp³-hybridized carbons (Fsp3) is 1.00. The standard InChI is InChI=1S/C7H15N.2C6H13N.C5H11N.C4H9NO.2CH4/c1-8-6-4-2-3-5-7-8;2*1-7-5-3-2-4-6-7;1-6-4-2-3-5-6;1-5-3-2-4-6-5;;/h2-7H2,1H3;2*2-6H2,1H3;2-5H2,1H3;2-4H2,1H3;2*1H4. The summed E-state index contributed by atoms with van der Waals surface area (Å²) in [7, 11) is 10.7. The lowest BCUT2D eigenvalue weighted by Gasteiger charge is -2.20. The average Bonchev–Trinajstić information content (AvgIpc) is 3.46. The van der Waals surface area contributed by atoms with Crippen LogP contribution in [0.5, 0.6) is 0 Å². The molecule has 0 aromatic carbocycles. The van der Waals surface area contributed by atoms with Crippen LogP contribution in [0.1, 0.15) is 98.3 Å². The third-order valence-electron chi connectivity index (χ3n) is 7.25. The van der Waals surface area contributed by atoms with E-state index in [9.17, 15) is 0 Å². The average molecular weight is 516 g/mol. The Morgan fingerprint density at radius 2 is 0.583 bits per heavy atom. The highest BCUT2D eigenvalue weighted by Gasteiger charge is 2.05. The number of hydrogen-bond acceptors (Lipinski definition) is 6. The smallest absolute Gasteiger partial charge is 0.0698 e.